The van der Waals surface area contributed by atoms with E-state index in [0.717, 1.165) is 5.56 Å². The minimum atomic E-state index is -0.935. The van der Waals surface area contributed by atoms with Crippen LogP contribution < -0.4 is 0 Å². The summed E-state index contributed by atoms with van der Waals surface area (Å²) in [5, 5.41) is 17.6. The molecule has 2 unspecified atom stereocenters. The highest BCUT2D eigenvalue weighted by molar-refractivity contribution is 5.89. The van der Waals surface area contributed by atoms with E-state index in [0.29, 0.717) is 13.0 Å². The van der Waals surface area contributed by atoms with Crippen LogP contribution in [0.4, 0.5) is 0 Å². The fourth-order valence-electron chi connectivity index (χ4n) is 2.08. The number of carboxylic acid groups (broad SMARTS) is 1. The molecule has 1 aromatic rings. The van der Waals surface area contributed by atoms with E-state index in [2.05, 4.69) is 0 Å². The molecule has 0 saturated heterocycles. The molecule has 2 rings (SSSR count). The van der Waals surface area contributed by atoms with Crippen LogP contribution in [0.1, 0.15) is 12.0 Å². The number of hydrogen-bond acceptors (Lipinski definition) is 3. The average molecular weight is 258 g/mol. The maximum atomic E-state index is 12.1. The van der Waals surface area contributed by atoms with Crippen LogP contribution in [0, 0.1) is 23.2 Å². The molecule has 1 fully saturated rings. The molecule has 1 N–H and O–H groups in total. The van der Waals surface area contributed by atoms with Gasteiger partial charge in [0.1, 0.15) is 6.54 Å². The van der Waals surface area contributed by atoms with Gasteiger partial charge in [0.05, 0.1) is 17.9 Å². The maximum absolute atomic E-state index is 12.1. The van der Waals surface area contributed by atoms with Crippen LogP contribution in [0.2, 0.25) is 0 Å². The van der Waals surface area contributed by atoms with Crippen molar-refractivity contribution >= 4 is 11.9 Å². The summed E-state index contributed by atoms with van der Waals surface area (Å²) < 4.78 is 0. The Morgan fingerprint density at radius 1 is 1.32 bits per heavy atom. The second-order valence-corrected chi connectivity index (χ2v) is 4.62. The van der Waals surface area contributed by atoms with E-state index in [4.69, 9.17) is 10.4 Å². The van der Waals surface area contributed by atoms with Crippen LogP contribution in [0.5, 0.6) is 0 Å². The molecule has 0 spiro atoms. The summed E-state index contributed by atoms with van der Waals surface area (Å²) in [6.07, 6.45) is 0.380. The third kappa shape index (κ3) is 3.10. The van der Waals surface area contributed by atoms with Crippen molar-refractivity contribution in [1.82, 2.24) is 4.90 Å². The summed E-state index contributed by atoms with van der Waals surface area (Å²) >= 11 is 0. The van der Waals surface area contributed by atoms with Gasteiger partial charge in [0, 0.05) is 6.54 Å². The Bertz CT molecular complexity index is 521. The molecule has 0 heterocycles. The number of carbonyl (C=O) groups excluding carboxylic acids is 1. The first kappa shape index (κ1) is 13.1. The minimum absolute atomic E-state index is 0.0173. The van der Waals surface area contributed by atoms with Gasteiger partial charge in [-0.25, -0.2) is 0 Å². The first-order chi connectivity index (χ1) is 9.13. The number of aliphatic carboxylic acids is 1. The Hall–Kier alpha value is -2.35. The lowest BCUT2D eigenvalue weighted by Crippen LogP contribution is -2.33. The molecular formula is C14H14N2O3. The number of nitrogens with zero attached hydrogens (tertiary/aromatic N) is 2. The van der Waals surface area contributed by atoms with Crippen molar-refractivity contribution in [3.05, 3.63) is 35.9 Å². The number of rotatable bonds is 5. The lowest BCUT2D eigenvalue weighted by Gasteiger charge is -2.19. The molecule has 0 radical (unpaired) electrons. The van der Waals surface area contributed by atoms with E-state index in [1.165, 1.54) is 4.90 Å². The largest absolute Gasteiger partial charge is 0.481 e. The van der Waals surface area contributed by atoms with Gasteiger partial charge in [-0.05, 0) is 12.0 Å². The van der Waals surface area contributed by atoms with Crippen LogP contribution in [0.25, 0.3) is 0 Å². The van der Waals surface area contributed by atoms with Gasteiger partial charge in [0.25, 0.3) is 0 Å². The molecule has 0 aromatic heterocycles. The van der Waals surface area contributed by atoms with Crippen molar-refractivity contribution in [2.45, 2.75) is 13.0 Å². The first-order valence-electron chi connectivity index (χ1n) is 6.06. The van der Waals surface area contributed by atoms with Gasteiger partial charge < -0.3 is 10.0 Å². The SMILES string of the molecule is N#CCN(Cc1ccccc1)C(=O)C1CC1C(=O)O. The van der Waals surface area contributed by atoms with Crippen molar-refractivity contribution in [2.24, 2.45) is 11.8 Å². The van der Waals surface area contributed by atoms with Crippen molar-refractivity contribution in [3.8, 4) is 6.07 Å². The van der Waals surface area contributed by atoms with Crippen molar-refractivity contribution < 1.29 is 14.7 Å². The monoisotopic (exact) mass is 258 g/mol. The average Bonchev–Trinajstić information content (AvgIpc) is 3.19. The van der Waals surface area contributed by atoms with Gasteiger partial charge in [0.15, 0.2) is 0 Å². The highest BCUT2D eigenvalue weighted by Crippen LogP contribution is 2.40. The van der Waals surface area contributed by atoms with Crippen molar-refractivity contribution in [1.29, 1.82) is 5.26 Å². The van der Waals surface area contributed by atoms with Gasteiger partial charge in [-0.3, -0.25) is 9.59 Å². The normalized spacial score (nSPS) is 20.4. The van der Waals surface area contributed by atoms with E-state index in [-0.39, 0.29) is 12.5 Å². The predicted molar refractivity (Wildman–Crippen MR) is 66.7 cm³/mol. The summed E-state index contributed by atoms with van der Waals surface area (Å²) in [6.45, 7) is 0.326. The molecule has 0 aliphatic heterocycles. The Kier molecular flexibility index (Phi) is 3.81. The van der Waals surface area contributed by atoms with E-state index in [9.17, 15) is 9.59 Å². The van der Waals surface area contributed by atoms with E-state index in [1.54, 1.807) is 0 Å². The minimum Gasteiger partial charge on any atom is -0.481 e. The molecule has 1 aliphatic rings. The van der Waals surface area contributed by atoms with Crippen molar-refractivity contribution in [3.63, 3.8) is 0 Å². The highest BCUT2D eigenvalue weighted by Gasteiger charge is 2.49. The molecule has 98 valence electrons. The van der Waals surface area contributed by atoms with Gasteiger partial charge >= 0.3 is 5.97 Å². The molecule has 1 aliphatic carbocycles. The van der Waals surface area contributed by atoms with E-state index < -0.39 is 17.8 Å². The molecule has 1 amide bonds. The molecule has 0 bridgehead atoms. The quantitative estimate of drug-likeness (QED) is 0.806. The number of nitriles is 1. The molecule has 1 aromatic carbocycles. The molecular weight excluding hydrogens is 244 g/mol. The van der Waals surface area contributed by atoms with Gasteiger partial charge in [-0.2, -0.15) is 5.26 Å². The van der Waals surface area contributed by atoms with Crippen LogP contribution >= 0.6 is 0 Å². The molecule has 2 atom stereocenters. The second-order valence-electron chi connectivity index (χ2n) is 4.62. The fraction of sp³-hybridized carbons (Fsp3) is 0.357. The second kappa shape index (κ2) is 5.53. The molecule has 1 saturated carbocycles. The van der Waals surface area contributed by atoms with Gasteiger partial charge in [-0.15, -0.1) is 0 Å². The van der Waals surface area contributed by atoms with Crippen LogP contribution in [-0.2, 0) is 16.1 Å². The third-order valence-corrected chi connectivity index (χ3v) is 3.21. The number of carbonyl (C=O) groups is 2. The highest BCUT2D eigenvalue weighted by atomic mass is 16.4. The number of benzene rings is 1. The van der Waals surface area contributed by atoms with E-state index in [1.807, 2.05) is 36.4 Å². The zero-order chi connectivity index (χ0) is 13.8. The number of carboxylic acids is 1. The number of amides is 1. The number of hydrogen-bond donors (Lipinski definition) is 1. The molecule has 5 nitrogen and oxygen atoms in total. The Labute approximate surface area is 111 Å². The standard InChI is InChI=1S/C14H14N2O3/c15-6-7-16(9-10-4-2-1-3-5-10)13(17)11-8-12(11)14(18)19/h1-5,11-12H,7-9H2,(H,18,19). The van der Waals surface area contributed by atoms with Gasteiger partial charge in [-0.1, -0.05) is 30.3 Å². The lowest BCUT2D eigenvalue weighted by atomic mass is 10.2. The maximum Gasteiger partial charge on any atom is 0.307 e. The Morgan fingerprint density at radius 3 is 2.53 bits per heavy atom. The molecule has 19 heavy (non-hydrogen) atoms. The van der Waals surface area contributed by atoms with Crippen LogP contribution in [0.15, 0.2) is 30.3 Å². The Balaban J connectivity index is 2.03. The summed E-state index contributed by atoms with van der Waals surface area (Å²) in [7, 11) is 0. The summed E-state index contributed by atoms with van der Waals surface area (Å²) in [6, 6.07) is 11.3. The summed E-state index contributed by atoms with van der Waals surface area (Å²) in [5.41, 5.74) is 0.929. The van der Waals surface area contributed by atoms with Gasteiger partial charge in [0.2, 0.25) is 5.91 Å². The smallest absolute Gasteiger partial charge is 0.307 e. The van der Waals surface area contributed by atoms with E-state index >= 15 is 0 Å². The summed E-state index contributed by atoms with van der Waals surface area (Å²) in [4.78, 5) is 24.3. The fourth-order valence-corrected chi connectivity index (χ4v) is 2.08. The van der Waals surface area contributed by atoms with Crippen LogP contribution in [-0.4, -0.2) is 28.4 Å². The topological polar surface area (TPSA) is 81.4 Å². The lowest BCUT2D eigenvalue weighted by molar-refractivity contribution is -0.142. The third-order valence-electron chi connectivity index (χ3n) is 3.21. The zero-order valence-electron chi connectivity index (χ0n) is 10.3. The summed E-state index contributed by atoms with van der Waals surface area (Å²) in [5.74, 6) is -2.22. The zero-order valence-corrected chi connectivity index (χ0v) is 10.3. The predicted octanol–water partition coefficient (Wildman–Crippen LogP) is 1.26. The Morgan fingerprint density at radius 2 is 2.00 bits per heavy atom. The van der Waals surface area contributed by atoms with Crippen molar-refractivity contribution in [2.75, 3.05) is 6.54 Å². The molecule has 5 heteroatoms. The first-order valence-corrected chi connectivity index (χ1v) is 6.06. The van der Waals surface area contributed by atoms with Crippen LogP contribution in [0.3, 0.4) is 0 Å².